The number of halogens is 3. The van der Waals surface area contributed by atoms with E-state index in [9.17, 15) is 18.7 Å². The van der Waals surface area contributed by atoms with Gasteiger partial charge in [0.15, 0.2) is 6.10 Å². The number of ether oxygens (including phenoxy) is 1. The van der Waals surface area contributed by atoms with Gasteiger partial charge in [-0.3, -0.25) is 4.79 Å². The number of likely N-dealkylation sites (N-methyl/N-ethyl adjacent to an activating group) is 1. The van der Waals surface area contributed by atoms with Gasteiger partial charge in [0.1, 0.15) is 28.8 Å². The normalized spacial score (nSPS) is 17.3. The Bertz CT molecular complexity index is 1320. The van der Waals surface area contributed by atoms with Crippen LogP contribution in [-0.2, 0) is 10.7 Å². The molecule has 1 aliphatic heterocycles. The summed E-state index contributed by atoms with van der Waals surface area (Å²) in [5.74, 6) is -3.85. The number of hydrogen-bond donors (Lipinski definition) is 2. The number of nitrogens with one attached hydrogen (secondary N) is 1. The molecule has 0 bridgehead atoms. The van der Waals surface area contributed by atoms with E-state index in [2.05, 4.69) is 15.3 Å². The molecule has 0 saturated heterocycles. The average molecular weight is 489 g/mol. The monoisotopic (exact) mass is 488 g/mol. The number of rotatable bonds is 5. The van der Waals surface area contributed by atoms with Crippen molar-refractivity contribution >= 4 is 28.3 Å². The fourth-order valence-corrected chi connectivity index (χ4v) is 4.10. The van der Waals surface area contributed by atoms with Crippen molar-refractivity contribution in [3.05, 3.63) is 53.1 Å². The first kappa shape index (κ1) is 24.7. The fourth-order valence-electron chi connectivity index (χ4n) is 4.10. The number of benzene rings is 2. The number of aliphatic hydroxyl groups is 1. The first-order chi connectivity index (χ1) is 16.2. The van der Waals surface area contributed by atoms with Gasteiger partial charge >= 0.3 is 5.92 Å². The summed E-state index contributed by atoms with van der Waals surface area (Å²) in [6.07, 6.45) is -0.636. The second-order valence-corrected chi connectivity index (χ2v) is 9.32. The number of aromatic nitrogens is 2. The van der Waals surface area contributed by atoms with E-state index in [-0.39, 0.29) is 11.5 Å². The standard InChI is InChI=1S/C25H27F3N4O3/c1-12(15-8-7-9-17(21(15)26)25(27,28)24(4,5)34)29-22-16-10-19-20(11-18(16)30-14(3)31-22)35-13(2)23(33)32(19)6/h7-13,34H,1-6H3,(H,29,30,31)/t12-,13?/m1/s1. The van der Waals surface area contributed by atoms with Crippen molar-refractivity contribution in [3.8, 4) is 5.75 Å². The van der Waals surface area contributed by atoms with Gasteiger partial charge in [-0.05, 0) is 46.8 Å². The Hall–Kier alpha value is -3.40. The SMILES string of the molecule is Cc1nc(N[C@H](C)c2cccc(C(F)(F)C(C)(C)O)c2F)c2cc3c(cc2n1)OC(C)C(=O)N3C. The molecule has 7 nitrogen and oxygen atoms in total. The Morgan fingerprint density at radius 1 is 1.23 bits per heavy atom. The first-order valence-electron chi connectivity index (χ1n) is 11.1. The minimum Gasteiger partial charge on any atom is -0.479 e. The number of anilines is 2. The average Bonchev–Trinajstić information content (AvgIpc) is 2.75. The molecule has 1 aromatic heterocycles. The molecule has 1 aliphatic rings. The number of aryl methyl sites for hydroxylation is 1. The number of carbonyl (C=O) groups excluding carboxylic acids is 1. The van der Waals surface area contributed by atoms with E-state index in [1.807, 2.05) is 0 Å². The van der Waals surface area contributed by atoms with Crippen LogP contribution >= 0.6 is 0 Å². The summed E-state index contributed by atoms with van der Waals surface area (Å²) in [5.41, 5.74) is -2.28. The molecule has 1 amide bonds. The van der Waals surface area contributed by atoms with E-state index in [0.717, 1.165) is 19.9 Å². The van der Waals surface area contributed by atoms with Crippen LogP contribution in [0.1, 0.15) is 50.7 Å². The molecule has 2 aromatic carbocycles. The molecule has 3 aromatic rings. The van der Waals surface area contributed by atoms with Crippen molar-refractivity contribution in [1.82, 2.24) is 9.97 Å². The molecule has 186 valence electrons. The van der Waals surface area contributed by atoms with Gasteiger partial charge in [0.05, 0.1) is 22.8 Å². The van der Waals surface area contributed by atoms with E-state index in [4.69, 9.17) is 4.74 Å². The van der Waals surface area contributed by atoms with Crippen LogP contribution in [-0.4, -0.2) is 39.7 Å². The van der Waals surface area contributed by atoms with Crippen LogP contribution in [0.25, 0.3) is 10.9 Å². The van der Waals surface area contributed by atoms with Gasteiger partial charge in [0.25, 0.3) is 5.91 Å². The topological polar surface area (TPSA) is 87.6 Å². The van der Waals surface area contributed by atoms with E-state index in [1.165, 1.54) is 17.0 Å². The Kier molecular flexibility index (Phi) is 5.91. The van der Waals surface area contributed by atoms with Crippen LogP contribution in [0.4, 0.5) is 24.7 Å². The van der Waals surface area contributed by atoms with Crippen LogP contribution in [0.15, 0.2) is 30.3 Å². The third-order valence-electron chi connectivity index (χ3n) is 6.19. The molecular formula is C25H27F3N4O3. The highest BCUT2D eigenvalue weighted by atomic mass is 19.3. The minimum atomic E-state index is -3.81. The highest BCUT2D eigenvalue weighted by Crippen LogP contribution is 2.42. The summed E-state index contributed by atoms with van der Waals surface area (Å²) < 4.78 is 50.5. The van der Waals surface area contributed by atoms with Crippen molar-refractivity contribution in [2.24, 2.45) is 0 Å². The molecule has 0 spiro atoms. The van der Waals surface area contributed by atoms with Crippen LogP contribution in [0, 0.1) is 12.7 Å². The molecule has 0 fully saturated rings. The minimum absolute atomic E-state index is 0.0155. The zero-order valence-electron chi connectivity index (χ0n) is 20.3. The molecule has 0 saturated carbocycles. The quantitative estimate of drug-likeness (QED) is 0.534. The van der Waals surface area contributed by atoms with E-state index < -0.39 is 35.1 Å². The third kappa shape index (κ3) is 4.16. The van der Waals surface area contributed by atoms with Gasteiger partial charge in [0.2, 0.25) is 0 Å². The largest absolute Gasteiger partial charge is 0.479 e. The lowest BCUT2D eigenvalue weighted by Crippen LogP contribution is -2.41. The zero-order chi connectivity index (χ0) is 25.9. The zero-order valence-corrected chi connectivity index (χ0v) is 20.3. The molecule has 2 N–H and O–H groups in total. The summed E-state index contributed by atoms with van der Waals surface area (Å²) in [6.45, 7) is 6.84. The molecule has 0 radical (unpaired) electrons. The molecule has 2 heterocycles. The maximum Gasteiger partial charge on any atom is 0.303 e. The molecule has 10 heteroatoms. The summed E-state index contributed by atoms with van der Waals surface area (Å²) in [4.78, 5) is 22.8. The molecule has 2 atom stereocenters. The molecule has 1 unspecified atom stereocenters. The van der Waals surface area contributed by atoms with Crippen LogP contribution in [0.5, 0.6) is 5.75 Å². The van der Waals surface area contributed by atoms with Crippen molar-refractivity contribution < 1.29 is 27.8 Å². The Balaban J connectivity index is 1.77. The van der Waals surface area contributed by atoms with Crippen LogP contribution < -0.4 is 15.0 Å². The second-order valence-electron chi connectivity index (χ2n) is 9.32. The molecule has 35 heavy (non-hydrogen) atoms. The number of amides is 1. The predicted octanol–water partition coefficient (Wildman–Crippen LogP) is 4.86. The van der Waals surface area contributed by atoms with Crippen molar-refractivity contribution in [2.75, 3.05) is 17.3 Å². The van der Waals surface area contributed by atoms with Gasteiger partial charge in [0, 0.05) is 24.1 Å². The van der Waals surface area contributed by atoms with E-state index in [1.54, 1.807) is 40.0 Å². The summed E-state index contributed by atoms with van der Waals surface area (Å²) in [6, 6.07) is 6.34. The summed E-state index contributed by atoms with van der Waals surface area (Å²) in [5, 5.41) is 13.6. The Labute approximate surface area is 200 Å². The van der Waals surface area contributed by atoms with Crippen molar-refractivity contribution in [2.45, 2.75) is 58.3 Å². The fraction of sp³-hybridized carbons (Fsp3) is 0.400. The van der Waals surface area contributed by atoms with Gasteiger partial charge in [-0.15, -0.1) is 0 Å². The Morgan fingerprint density at radius 3 is 2.57 bits per heavy atom. The highest BCUT2D eigenvalue weighted by molar-refractivity contribution is 6.03. The smallest absolute Gasteiger partial charge is 0.303 e. The molecular weight excluding hydrogens is 461 g/mol. The van der Waals surface area contributed by atoms with Crippen LogP contribution in [0.2, 0.25) is 0 Å². The van der Waals surface area contributed by atoms with E-state index in [0.29, 0.717) is 34.0 Å². The van der Waals surface area contributed by atoms with Gasteiger partial charge < -0.3 is 20.1 Å². The summed E-state index contributed by atoms with van der Waals surface area (Å²) >= 11 is 0. The van der Waals surface area contributed by atoms with Gasteiger partial charge in [-0.2, -0.15) is 8.78 Å². The molecule has 4 rings (SSSR count). The predicted molar refractivity (Wildman–Crippen MR) is 126 cm³/mol. The lowest BCUT2D eigenvalue weighted by atomic mass is 9.91. The number of fused-ring (bicyclic) bond motifs is 2. The van der Waals surface area contributed by atoms with Crippen molar-refractivity contribution in [1.29, 1.82) is 0 Å². The first-order valence-corrected chi connectivity index (χ1v) is 11.1. The van der Waals surface area contributed by atoms with Gasteiger partial charge in [-0.25, -0.2) is 14.4 Å². The lowest BCUT2D eigenvalue weighted by molar-refractivity contribution is -0.170. The number of nitrogens with zero attached hydrogens (tertiary/aromatic N) is 3. The third-order valence-corrected chi connectivity index (χ3v) is 6.19. The number of carbonyl (C=O) groups is 1. The maximum absolute atomic E-state index is 15.3. The maximum atomic E-state index is 15.3. The van der Waals surface area contributed by atoms with E-state index >= 15 is 4.39 Å². The lowest BCUT2D eigenvalue weighted by Gasteiger charge is -2.31. The van der Waals surface area contributed by atoms with Crippen LogP contribution in [0.3, 0.4) is 0 Å². The second kappa shape index (κ2) is 8.37. The number of hydrogen-bond acceptors (Lipinski definition) is 6. The molecule has 0 aliphatic carbocycles. The van der Waals surface area contributed by atoms with Gasteiger partial charge in [-0.1, -0.05) is 12.1 Å². The highest BCUT2D eigenvalue weighted by Gasteiger charge is 2.49. The Morgan fingerprint density at radius 2 is 1.91 bits per heavy atom. The summed E-state index contributed by atoms with van der Waals surface area (Å²) in [7, 11) is 1.64. The number of alkyl halides is 2. The van der Waals surface area contributed by atoms with Crippen molar-refractivity contribution in [3.63, 3.8) is 0 Å².